The van der Waals surface area contributed by atoms with Gasteiger partial charge in [0.15, 0.2) is 5.13 Å². The molecule has 118 valence electrons. The number of fused-ring (bicyclic) bond motifs is 1. The number of nitrogens with one attached hydrogen (secondary N) is 1. The minimum atomic E-state index is 0.399. The van der Waals surface area contributed by atoms with Crippen LogP contribution in [0.1, 0.15) is 56.1 Å². The first-order chi connectivity index (χ1) is 10.3. The van der Waals surface area contributed by atoms with Crippen molar-refractivity contribution in [2.45, 2.75) is 58.1 Å². The molecule has 0 bridgehead atoms. The van der Waals surface area contributed by atoms with Gasteiger partial charge in [0.25, 0.3) is 0 Å². The van der Waals surface area contributed by atoms with E-state index in [1.807, 2.05) is 11.3 Å². The third-order valence-electron chi connectivity index (χ3n) is 4.49. The molecule has 2 unspecified atom stereocenters. The van der Waals surface area contributed by atoms with Crippen LogP contribution in [0.3, 0.4) is 0 Å². The van der Waals surface area contributed by atoms with Gasteiger partial charge in [-0.2, -0.15) is 0 Å². The Morgan fingerprint density at radius 3 is 2.95 bits per heavy atom. The normalized spacial score (nSPS) is 25.0. The van der Waals surface area contributed by atoms with E-state index in [-0.39, 0.29) is 0 Å². The molecule has 4 nitrogen and oxygen atoms in total. The molecule has 1 fully saturated rings. The molecule has 0 saturated carbocycles. The monoisotopic (exact) mass is 309 g/mol. The molecule has 21 heavy (non-hydrogen) atoms. The molecule has 0 aromatic carbocycles. The molecule has 1 aromatic heterocycles. The summed E-state index contributed by atoms with van der Waals surface area (Å²) < 4.78 is 5.79. The summed E-state index contributed by atoms with van der Waals surface area (Å²) in [6.07, 6.45) is 6.51. The van der Waals surface area contributed by atoms with Crippen LogP contribution in [0, 0.1) is 0 Å². The molecule has 1 aliphatic heterocycles. The molecule has 1 aliphatic carbocycles. The van der Waals surface area contributed by atoms with Gasteiger partial charge in [-0.15, -0.1) is 11.3 Å². The molecule has 3 rings (SSSR count). The van der Waals surface area contributed by atoms with Crippen molar-refractivity contribution in [2.24, 2.45) is 0 Å². The molecule has 1 saturated heterocycles. The average molecular weight is 309 g/mol. The molecule has 2 aliphatic rings. The highest BCUT2D eigenvalue weighted by atomic mass is 32.1. The minimum absolute atomic E-state index is 0.399. The zero-order valence-electron chi connectivity index (χ0n) is 13.2. The Kier molecular flexibility index (Phi) is 5.14. The average Bonchev–Trinajstić information content (AvgIpc) is 3.14. The van der Waals surface area contributed by atoms with Gasteiger partial charge in [-0.05, 0) is 45.6 Å². The van der Waals surface area contributed by atoms with Crippen molar-refractivity contribution >= 4 is 16.5 Å². The van der Waals surface area contributed by atoms with E-state index in [0.717, 1.165) is 26.2 Å². The van der Waals surface area contributed by atoms with Crippen LogP contribution in [0.25, 0.3) is 0 Å². The maximum Gasteiger partial charge on any atom is 0.185 e. The van der Waals surface area contributed by atoms with E-state index in [9.17, 15) is 0 Å². The number of aryl methyl sites for hydroxylation is 1. The molecule has 0 amide bonds. The first kappa shape index (κ1) is 15.3. The van der Waals surface area contributed by atoms with Crippen LogP contribution in [0.2, 0.25) is 0 Å². The van der Waals surface area contributed by atoms with Gasteiger partial charge in [-0.25, -0.2) is 4.98 Å². The minimum Gasteiger partial charge on any atom is -0.376 e. The van der Waals surface area contributed by atoms with E-state index >= 15 is 0 Å². The lowest BCUT2D eigenvalue weighted by Crippen LogP contribution is -2.32. The van der Waals surface area contributed by atoms with Gasteiger partial charge in [0.2, 0.25) is 0 Å². The Bertz CT molecular complexity index is 456. The highest BCUT2D eigenvalue weighted by molar-refractivity contribution is 7.15. The van der Waals surface area contributed by atoms with Crippen molar-refractivity contribution < 1.29 is 4.74 Å². The van der Waals surface area contributed by atoms with E-state index in [1.54, 1.807) is 0 Å². The van der Waals surface area contributed by atoms with Crippen LogP contribution in [-0.4, -0.2) is 37.3 Å². The van der Waals surface area contributed by atoms with Gasteiger partial charge < -0.3 is 15.0 Å². The number of rotatable bonds is 6. The largest absolute Gasteiger partial charge is 0.376 e. The Balaban J connectivity index is 1.74. The Morgan fingerprint density at radius 1 is 1.33 bits per heavy atom. The van der Waals surface area contributed by atoms with Crippen LogP contribution >= 0.6 is 11.3 Å². The second-order valence-electron chi connectivity index (χ2n) is 5.98. The van der Waals surface area contributed by atoms with Crippen LogP contribution in [0.4, 0.5) is 5.13 Å². The van der Waals surface area contributed by atoms with Crippen LogP contribution in [0.15, 0.2) is 0 Å². The predicted octanol–water partition coefficient (Wildman–Crippen LogP) is 3.14. The third-order valence-corrected chi connectivity index (χ3v) is 5.69. The van der Waals surface area contributed by atoms with Gasteiger partial charge in [0, 0.05) is 24.6 Å². The van der Waals surface area contributed by atoms with Crippen molar-refractivity contribution in [3.05, 3.63) is 10.6 Å². The number of hydrogen-bond donors (Lipinski definition) is 1. The molecule has 0 spiro atoms. The Hall–Kier alpha value is -0.650. The molecule has 1 N–H and O–H groups in total. The molecule has 5 heteroatoms. The summed E-state index contributed by atoms with van der Waals surface area (Å²) in [5.41, 5.74) is 1.31. The van der Waals surface area contributed by atoms with Gasteiger partial charge in [-0.1, -0.05) is 6.92 Å². The summed E-state index contributed by atoms with van der Waals surface area (Å²) in [4.78, 5) is 8.89. The van der Waals surface area contributed by atoms with Crippen molar-refractivity contribution in [3.8, 4) is 0 Å². The maximum atomic E-state index is 5.79. The van der Waals surface area contributed by atoms with Gasteiger partial charge in [0.05, 0.1) is 17.8 Å². The standard InChI is InChI=1S/C16H27N3OS/c1-3-17-13-8-5-9-14-15(13)18-16(21-14)19(4-2)11-12-7-6-10-20-12/h12-13,17H,3-11H2,1-2H3. The lowest BCUT2D eigenvalue weighted by atomic mass is 9.98. The fourth-order valence-electron chi connectivity index (χ4n) is 3.36. The molecular formula is C16H27N3OS. The SMILES string of the molecule is CCNC1CCCc2sc(N(CC)CC3CCCO3)nc21. The Labute approximate surface area is 131 Å². The molecule has 2 atom stereocenters. The van der Waals surface area contributed by atoms with Gasteiger partial charge >= 0.3 is 0 Å². The zero-order valence-corrected chi connectivity index (χ0v) is 14.0. The van der Waals surface area contributed by atoms with Crippen molar-refractivity contribution in [1.82, 2.24) is 10.3 Å². The van der Waals surface area contributed by atoms with Crippen LogP contribution < -0.4 is 10.2 Å². The van der Waals surface area contributed by atoms with Crippen LogP contribution in [0.5, 0.6) is 0 Å². The lowest BCUT2D eigenvalue weighted by Gasteiger charge is -2.23. The molecule has 2 heterocycles. The number of hydrogen-bond acceptors (Lipinski definition) is 5. The second-order valence-corrected chi connectivity index (χ2v) is 7.04. The summed E-state index contributed by atoms with van der Waals surface area (Å²) in [6, 6.07) is 0.463. The number of nitrogens with zero attached hydrogens (tertiary/aromatic N) is 2. The number of likely N-dealkylation sites (N-methyl/N-ethyl adjacent to an activating group) is 1. The summed E-state index contributed by atoms with van der Waals surface area (Å²) in [6.45, 7) is 8.35. The van der Waals surface area contributed by atoms with Crippen molar-refractivity contribution in [2.75, 3.05) is 31.1 Å². The number of ether oxygens (including phenoxy) is 1. The second kappa shape index (κ2) is 7.07. The molecule has 1 aromatic rings. The summed E-state index contributed by atoms with van der Waals surface area (Å²) >= 11 is 1.90. The number of aromatic nitrogens is 1. The summed E-state index contributed by atoms with van der Waals surface area (Å²) in [5.74, 6) is 0. The first-order valence-corrected chi connectivity index (χ1v) is 9.23. The van der Waals surface area contributed by atoms with Gasteiger partial charge in [-0.3, -0.25) is 0 Å². The van der Waals surface area contributed by atoms with E-state index in [1.165, 1.54) is 47.8 Å². The zero-order chi connectivity index (χ0) is 14.7. The molecular weight excluding hydrogens is 282 g/mol. The van der Waals surface area contributed by atoms with E-state index < -0.39 is 0 Å². The topological polar surface area (TPSA) is 37.4 Å². The van der Waals surface area contributed by atoms with E-state index in [4.69, 9.17) is 9.72 Å². The van der Waals surface area contributed by atoms with Crippen LogP contribution in [-0.2, 0) is 11.2 Å². The fourth-order valence-corrected chi connectivity index (χ4v) is 4.60. The van der Waals surface area contributed by atoms with Crippen molar-refractivity contribution in [3.63, 3.8) is 0 Å². The van der Waals surface area contributed by atoms with Gasteiger partial charge in [0.1, 0.15) is 0 Å². The predicted molar refractivity (Wildman–Crippen MR) is 88.3 cm³/mol. The summed E-state index contributed by atoms with van der Waals surface area (Å²) in [7, 11) is 0. The quantitative estimate of drug-likeness (QED) is 0.876. The molecule has 0 radical (unpaired) electrons. The van der Waals surface area contributed by atoms with E-state index in [0.29, 0.717) is 12.1 Å². The number of anilines is 1. The third kappa shape index (κ3) is 3.41. The highest BCUT2D eigenvalue weighted by Crippen LogP contribution is 2.37. The lowest BCUT2D eigenvalue weighted by molar-refractivity contribution is 0.115. The summed E-state index contributed by atoms with van der Waals surface area (Å²) in [5, 5.41) is 4.78. The first-order valence-electron chi connectivity index (χ1n) is 8.41. The highest BCUT2D eigenvalue weighted by Gasteiger charge is 2.26. The number of thiazole rings is 1. The van der Waals surface area contributed by atoms with E-state index in [2.05, 4.69) is 24.1 Å². The fraction of sp³-hybridized carbons (Fsp3) is 0.812. The van der Waals surface area contributed by atoms with Crippen molar-refractivity contribution in [1.29, 1.82) is 0 Å². The smallest absolute Gasteiger partial charge is 0.185 e. The Morgan fingerprint density at radius 2 is 2.24 bits per heavy atom. The maximum absolute atomic E-state index is 5.79.